The molecule has 1 aromatic heterocycles. The average Bonchev–Trinajstić information content (AvgIpc) is 2.56. The van der Waals surface area contributed by atoms with Crippen molar-refractivity contribution < 1.29 is 14.6 Å². The molecule has 17 heavy (non-hydrogen) atoms. The van der Waals surface area contributed by atoms with Crippen LogP contribution in [0.25, 0.3) is 10.9 Å². The van der Waals surface area contributed by atoms with Crippen molar-refractivity contribution in [3.8, 4) is 5.75 Å². The maximum atomic E-state index is 10.9. The van der Waals surface area contributed by atoms with Gasteiger partial charge >= 0.3 is 5.97 Å². The fourth-order valence-electron chi connectivity index (χ4n) is 1.95. The molecule has 0 saturated heterocycles. The minimum Gasteiger partial charge on any atom is -0.496 e. The van der Waals surface area contributed by atoms with Crippen LogP contribution in [0.3, 0.4) is 0 Å². The van der Waals surface area contributed by atoms with Gasteiger partial charge in [-0.2, -0.15) is 0 Å². The molecule has 0 aliphatic carbocycles. The number of fused-ring (bicyclic) bond motifs is 1. The van der Waals surface area contributed by atoms with E-state index in [2.05, 4.69) is 20.9 Å². The Bertz CT molecular complexity index is 589. The zero-order valence-corrected chi connectivity index (χ0v) is 11.1. The third-order valence-corrected chi connectivity index (χ3v) is 3.52. The Morgan fingerprint density at radius 1 is 1.53 bits per heavy atom. The Morgan fingerprint density at radius 2 is 2.24 bits per heavy atom. The van der Waals surface area contributed by atoms with Crippen LogP contribution >= 0.6 is 15.9 Å². The maximum absolute atomic E-state index is 10.9. The summed E-state index contributed by atoms with van der Waals surface area (Å²) in [6, 6.07) is 3.73. The number of rotatable bonds is 3. The molecule has 2 aromatic rings. The van der Waals surface area contributed by atoms with Gasteiger partial charge in [-0.3, -0.25) is 4.79 Å². The molecule has 0 saturated carbocycles. The number of aliphatic carboxylic acids is 1. The number of carboxylic acid groups (broad SMARTS) is 1. The average molecular weight is 298 g/mol. The fourth-order valence-corrected chi connectivity index (χ4v) is 2.70. The van der Waals surface area contributed by atoms with Gasteiger partial charge in [0, 0.05) is 16.6 Å². The summed E-state index contributed by atoms with van der Waals surface area (Å²) in [6.45, 7) is 1.87. The van der Waals surface area contributed by atoms with Crippen LogP contribution in [0, 0.1) is 6.92 Å². The molecule has 0 amide bonds. The van der Waals surface area contributed by atoms with E-state index in [9.17, 15) is 4.79 Å². The first-order valence-corrected chi connectivity index (χ1v) is 5.89. The minimum atomic E-state index is -0.844. The second-order valence-electron chi connectivity index (χ2n) is 3.80. The van der Waals surface area contributed by atoms with E-state index >= 15 is 0 Å². The number of hydrogen-bond acceptors (Lipinski definition) is 2. The number of hydrogen-bond donors (Lipinski definition) is 2. The summed E-state index contributed by atoms with van der Waals surface area (Å²) >= 11 is 3.46. The molecule has 0 aliphatic heterocycles. The Hall–Kier alpha value is -1.49. The topological polar surface area (TPSA) is 62.3 Å². The molecule has 2 N–H and O–H groups in total. The fraction of sp³-hybridized carbons (Fsp3) is 0.250. The summed E-state index contributed by atoms with van der Waals surface area (Å²) in [5, 5.41) is 9.81. The predicted molar refractivity (Wildman–Crippen MR) is 68.6 cm³/mol. The highest BCUT2D eigenvalue weighted by atomic mass is 79.9. The van der Waals surface area contributed by atoms with E-state index in [1.54, 1.807) is 7.11 Å². The zero-order chi connectivity index (χ0) is 12.6. The summed E-state index contributed by atoms with van der Waals surface area (Å²) in [7, 11) is 1.59. The second-order valence-corrected chi connectivity index (χ2v) is 4.60. The lowest BCUT2D eigenvalue weighted by molar-refractivity contribution is -0.136. The van der Waals surface area contributed by atoms with Crippen molar-refractivity contribution in [3.05, 3.63) is 27.9 Å². The molecule has 4 nitrogen and oxygen atoms in total. The van der Waals surface area contributed by atoms with Crippen LogP contribution in [-0.2, 0) is 11.2 Å². The van der Waals surface area contributed by atoms with Gasteiger partial charge in [0.25, 0.3) is 0 Å². The number of benzene rings is 1. The van der Waals surface area contributed by atoms with Gasteiger partial charge in [0.05, 0.1) is 18.0 Å². The highest BCUT2D eigenvalue weighted by Crippen LogP contribution is 2.36. The van der Waals surface area contributed by atoms with E-state index in [0.717, 1.165) is 26.6 Å². The third kappa shape index (κ3) is 2.02. The Morgan fingerprint density at radius 3 is 2.82 bits per heavy atom. The molecule has 5 heteroatoms. The first kappa shape index (κ1) is 12.0. The molecule has 0 bridgehead atoms. The first-order valence-electron chi connectivity index (χ1n) is 5.10. The highest BCUT2D eigenvalue weighted by molar-refractivity contribution is 9.10. The third-order valence-electron chi connectivity index (χ3n) is 2.73. The summed E-state index contributed by atoms with van der Waals surface area (Å²) in [5.74, 6) is -0.146. The van der Waals surface area contributed by atoms with Crippen LogP contribution in [-0.4, -0.2) is 23.2 Å². The molecule has 0 aliphatic rings. The molecular weight excluding hydrogens is 286 g/mol. The Balaban J connectivity index is 2.73. The quantitative estimate of drug-likeness (QED) is 0.916. The maximum Gasteiger partial charge on any atom is 0.307 e. The van der Waals surface area contributed by atoms with Crippen molar-refractivity contribution in [2.75, 3.05) is 7.11 Å². The Kier molecular flexibility index (Phi) is 3.11. The molecule has 1 heterocycles. The van der Waals surface area contributed by atoms with Crippen LogP contribution in [0.5, 0.6) is 5.75 Å². The van der Waals surface area contributed by atoms with Gasteiger partial charge in [0.1, 0.15) is 5.75 Å². The van der Waals surface area contributed by atoms with Crippen LogP contribution in [0.1, 0.15) is 11.3 Å². The van der Waals surface area contributed by atoms with Gasteiger partial charge in [-0.1, -0.05) is 0 Å². The van der Waals surface area contributed by atoms with Gasteiger partial charge in [-0.25, -0.2) is 0 Å². The summed E-state index contributed by atoms with van der Waals surface area (Å²) in [5.41, 5.74) is 2.57. The molecule has 1 aromatic carbocycles. The number of aromatic nitrogens is 1. The van der Waals surface area contributed by atoms with Crippen molar-refractivity contribution in [3.63, 3.8) is 0 Å². The van der Waals surface area contributed by atoms with E-state index < -0.39 is 5.97 Å². The molecule has 90 valence electrons. The number of carboxylic acids is 1. The predicted octanol–water partition coefficient (Wildman–Crippen LogP) is 2.87. The minimum absolute atomic E-state index is 0.00238. The summed E-state index contributed by atoms with van der Waals surface area (Å²) < 4.78 is 6.00. The largest absolute Gasteiger partial charge is 0.496 e. The number of halogens is 1. The second kappa shape index (κ2) is 4.41. The van der Waals surface area contributed by atoms with Crippen LogP contribution in [0.15, 0.2) is 16.6 Å². The highest BCUT2D eigenvalue weighted by Gasteiger charge is 2.16. The first-order chi connectivity index (χ1) is 8.04. The van der Waals surface area contributed by atoms with Gasteiger partial charge < -0.3 is 14.8 Å². The number of aromatic amines is 1. The lowest BCUT2D eigenvalue weighted by Gasteiger charge is -2.05. The summed E-state index contributed by atoms with van der Waals surface area (Å²) in [6.07, 6.45) is -0.00238. The number of carbonyl (C=O) groups is 1. The molecule has 0 fully saturated rings. The Labute approximate surface area is 107 Å². The zero-order valence-electron chi connectivity index (χ0n) is 9.50. The van der Waals surface area contributed by atoms with E-state index in [0.29, 0.717) is 5.75 Å². The van der Waals surface area contributed by atoms with E-state index in [4.69, 9.17) is 9.84 Å². The number of aryl methyl sites for hydroxylation is 1. The number of methoxy groups -OCH3 is 1. The smallest absolute Gasteiger partial charge is 0.307 e. The van der Waals surface area contributed by atoms with Gasteiger partial charge in [-0.15, -0.1) is 0 Å². The van der Waals surface area contributed by atoms with Gasteiger partial charge in [0.2, 0.25) is 0 Å². The van der Waals surface area contributed by atoms with Crippen molar-refractivity contribution in [2.45, 2.75) is 13.3 Å². The standard InChI is InChI=1S/C12H12BrNO3/c1-6-7(5-10(15)16)11-8(14-6)3-4-9(17-2)12(11)13/h3-4,14H,5H2,1-2H3,(H,15,16). The van der Waals surface area contributed by atoms with Crippen molar-refractivity contribution in [1.29, 1.82) is 0 Å². The monoisotopic (exact) mass is 297 g/mol. The van der Waals surface area contributed by atoms with E-state index in [1.807, 2.05) is 19.1 Å². The molecule has 0 atom stereocenters. The molecule has 0 unspecified atom stereocenters. The van der Waals surface area contributed by atoms with Gasteiger partial charge in [-0.05, 0) is 40.5 Å². The number of nitrogens with one attached hydrogen (secondary N) is 1. The van der Waals surface area contributed by atoms with E-state index in [1.165, 1.54) is 0 Å². The lowest BCUT2D eigenvalue weighted by Crippen LogP contribution is -2.01. The molecule has 0 spiro atoms. The number of H-pyrrole nitrogens is 1. The summed E-state index contributed by atoms with van der Waals surface area (Å²) in [4.78, 5) is 14.0. The van der Waals surface area contributed by atoms with Crippen molar-refractivity contribution in [1.82, 2.24) is 4.98 Å². The van der Waals surface area contributed by atoms with Crippen molar-refractivity contribution >= 4 is 32.8 Å². The van der Waals surface area contributed by atoms with Crippen molar-refractivity contribution in [2.24, 2.45) is 0 Å². The lowest BCUT2D eigenvalue weighted by atomic mass is 10.1. The molecule has 2 rings (SSSR count). The molecule has 0 radical (unpaired) electrons. The molecular formula is C12H12BrNO3. The number of ether oxygens (including phenoxy) is 1. The van der Waals surface area contributed by atoms with E-state index in [-0.39, 0.29) is 6.42 Å². The van der Waals surface area contributed by atoms with Crippen LogP contribution < -0.4 is 4.74 Å². The normalized spacial score (nSPS) is 10.8. The van der Waals surface area contributed by atoms with Gasteiger partial charge in [0.15, 0.2) is 0 Å². The van der Waals surface area contributed by atoms with Crippen LogP contribution in [0.4, 0.5) is 0 Å². The van der Waals surface area contributed by atoms with Crippen LogP contribution in [0.2, 0.25) is 0 Å². The SMILES string of the molecule is COc1ccc2[nH]c(C)c(CC(=O)O)c2c1Br.